The molecular weight excluding hydrogens is 312 g/mol. The van der Waals surface area contributed by atoms with Gasteiger partial charge >= 0.3 is 0 Å². The van der Waals surface area contributed by atoms with Gasteiger partial charge in [-0.1, -0.05) is 25.1 Å². The second-order valence-electron chi connectivity index (χ2n) is 6.72. The molecule has 0 amide bonds. The van der Waals surface area contributed by atoms with E-state index in [0.29, 0.717) is 5.92 Å². The van der Waals surface area contributed by atoms with Crippen molar-refractivity contribution in [1.82, 2.24) is 20.2 Å². The highest BCUT2D eigenvalue weighted by Gasteiger charge is 2.20. The standard InChI is InChI=1S/C20H24N4O/c1-15-2-4-18(20(12-15)24-8-10-25-11-9-24)23-14-16-3-5-17-19(13-16)22-7-6-21-17/h3-7,12-13,15,23H,2,8-11,14H2,1H3. The van der Waals surface area contributed by atoms with Crippen molar-refractivity contribution in [2.75, 3.05) is 26.3 Å². The van der Waals surface area contributed by atoms with Crippen molar-refractivity contribution in [2.45, 2.75) is 19.9 Å². The Hall–Kier alpha value is -2.40. The zero-order valence-electron chi connectivity index (χ0n) is 14.6. The van der Waals surface area contributed by atoms with Gasteiger partial charge in [0, 0.05) is 32.0 Å². The summed E-state index contributed by atoms with van der Waals surface area (Å²) in [6, 6.07) is 6.27. The third-order valence-electron chi connectivity index (χ3n) is 4.78. The van der Waals surface area contributed by atoms with Gasteiger partial charge < -0.3 is 15.0 Å². The molecule has 0 spiro atoms. The molecule has 0 saturated carbocycles. The number of nitrogens with one attached hydrogen (secondary N) is 1. The molecule has 1 N–H and O–H groups in total. The van der Waals surface area contributed by atoms with Gasteiger partial charge in [-0.25, -0.2) is 0 Å². The highest BCUT2D eigenvalue weighted by Crippen LogP contribution is 2.25. The van der Waals surface area contributed by atoms with Crippen LogP contribution in [0.2, 0.25) is 0 Å². The minimum absolute atomic E-state index is 0.583. The lowest BCUT2D eigenvalue weighted by atomic mass is 9.98. The van der Waals surface area contributed by atoms with Crippen molar-refractivity contribution in [3.05, 3.63) is 59.7 Å². The number of rotatable bonds is 4. The molecule has 1 unspecified atom stereocenters. The van der Waals surface area contributed by atoms with Gasteiger partial charge in [-0.3, -0.25) is 9.97 Å². The number of aromatic nitrogens is 2. The predicted molar refractivity (Wildman–Crippen MR) is 98.7 cm³/mol. The maximum absolute atomic E-state index is 5.50. The van der Waals surface area contributed by atoms with Crippen LogP contribution in [0, 0.1) is 5.92 Å². The molecule has 1 fully saturated rings. The molecule has 130 valence electrons. The fourth-order valence-electron chi connectivity index (χ4n) is 3.39. The van der Waals surface area contributed by atoms with Crippen LogP contribution < -0.4 is 5.32 Å². The SMILES string of the molecule is CC1C=C(N2CCOCC2)C(NCc2ccc3nccnc3c2)=CC1. The second-order valence-corrected chi connectivity index (χ2v) is 6.72. The lowest BCUT2D eigenvalue weighted by molar-refractivity contribution is 0.0538. The molecule has 2 aromatic rings. The predicted octanol–water partition coefficient (Wildman–Crippen LogP) is 2.86. The van der Waals surface area contributed by atoms with Gasteiger partial charge in [0.05, 0.1) is 35.6 Å². The van der Waals surface area contributed by atoms with Crippen LogP contribution in [0.5, 0.6) is 0 Å². The van der Waals surface area contributed by atoms with E-state index in [1.54, 1.807) is 12.4 Å². The third-order valence-corrected chi connectivity index (χ3v) is 4.78. The molecule has 1 aromatic heterocycles. The van der Waals surface area contributed by atoms with Crippen LogP contribution in [0.15, 0.2) is 54.1 Å². The Morgan fingerprint density at radius 1 is 1.16 bits per heavy atom. The molecule has 1 saturated heterocycles. The summed E-state index contributed by atoms with van der Waals surface area (Å²) in [5.41, 5.74) is 5.65. The highest BCUT2D eigenvalue weighted by molar-refractivity contribution is 5.74. The van der Waals surface area contributed by atoms with Gasteiger partial charge in [0.2, 0.25) is 0 Å². The number of hydrogen-bond acceptors (Lipinski definition) is 5. The molecule has 1 atom stereocenters. The Morgan fingerprint density at radius 2 is 1.96 bits per heavy atom. The number of nitrogens with zero attached hydrogens (tertiary/aromatic N) is 3. The van der Waals surface area contributed by atoms with Crippen molar-refractivity contribution in [2.24, 2.45) is 5.92 Å². The van der Waals surface area contributed by atoms with Gasteiger partial charge in [-0.2, -0.15) is 0 Å². The number of hydrogen-bond donors (Lipinski definition) is 1. The number of allylic oxidation sites excluding steroid dienone is 2. The summed E-state index contributed by atoms with van der Waals surface area (Å²) in [5.74, 6) is 0.583. The summed E-state index contributed by atoms with van der Waals surface area (Å²) in [5, 5.41) is 3.63. The third kappa shape index (κ3) is 3.66. The maximum atomic E-state index is 5.50. The number of morpholine rings is 1. The summed E-state index contributed by atoms with van der Waals surface area (Å²) in [7, 11) is 0. The van der Waals surface area contributed by atoms with E-state index < -0.39 is 0 Å². The van der Waals surface area contributed by atoms with Gasteiger partial charge in [0.25, 0.3) is 0 Å². The molecule has 2 aliphatic rings. The molecule has 0 radical (unpaired) electrons. The summed E-state index contributed by atoms with van der Waals surface area (Å²) in [6.07, 6.45) is 9.27. The average Bonchev–Trinajstić information content (AvgIpc) is 2.67. The topological polar surface area (TPSA) is 50.3 Å². The van der Waals surface area contributed by atoms with Gasteiger partial charge in [0.1, 0.15) is 0 Å². The van der Waals surface area contributed by atoms with Gasteiger partial charge in [-0.15, -0.1) is 0 Å². The fraction of sp³-hybridized carbons (Fsp3) is 0.400. The zero-order chi connectivity index (χ0) is 17.1. The van der Waals surface area contributed by atoms with Crippen molar-refractivity contribution < 1.29 is 4.74 Å². The Kier molecular flexibility index (Phi) is 4.65. The molecule has 2 heterocycles. The van der Waals surface area contributed by atoms with E-state index in [4.69, 9.17) is 4.74 Å². The van der Waals surface area contributed by atoms with E-state index in [0.717, 1.165) is 50.3 Å². The Balaban J connectivity index is 1.48. The fourth-order valence-corrected chi connectivity index (χ4v) is 3.39. The minimum Gasteiger partial charge on any atom is -0.380 e. The van der Waals surface area contributed by atoms with Crippen molar-refractivity contribution in [3.63, 3.8) is 0 Å². The Bertz CT molecular complexity index is 808. The summed E-state index contributed by atoms with van der Waals surface area (Å²) in [6.45, 7) is 6.60. The van der Waals surface area contributed by atoms with E-state index in [9.17, 15) is 0 Å². The molecule has 0 bridgehead atoms. The molecule has 5 heteroatoms. The minimum atomic E-state index is 0.583. The van der Waals surface area contributed by atoms with Crippen LogP contribution in [0.25, 0.3) is 11.0 Å². The first-order valence-electron chi connectivity index (χ1n) is 8.98. The number of benzene rings is 1. The molecule has 25 heavy (non-hydrogen) atoms. The number of ether oxygens (including phenoxy) is 1. The smallest absolute Gasteiger partial charge is 0.0890 e. The molecule has 1 aliphatic carbocycles. The van der Waals surface area contributed by atoms with Crippen molar-refractivity contribution >= 4 is 11.0 Å². The van der Waals surface area contributed by atoms with E-state index in [2.05, 4.69) is 51.4 Å². The average molecular weight is 336 g/mol. The van der Waals surface area contributed by atoms with Crippen LogP contribution in [0.4, 0.5) is 0 Å². The Morgan fingerprint density at radius 3 is 2.80 bits per heavy atom. The van der Waals surface area contributed by atoms with Gasteiger partial charge in [-0.05, 0) is 30.0 Å². The lowest BCUT2D eigenvalue weighted by Crippen LogP contribution is -2.38. The second kappa shape index (κ2) is 7.23. The Labute approximate surface area is 148 Å². The molecule has 1 aromatic carbocycles. The normalized spacial score (nSPS) is 21.0. The summed E-state index contributed by atoms with van der Waals surface area (Å²) < 4.78 is 5.50. The van der Waals surface area contributed by atoms with Crippen LogP contribution in [-0.2, 0) is 11.3 Å². The molecule has 1 aliphatic heterocycles. The lowest BCUT2D eigenvalue weighted by Gasteiger charge is -2.34. The first-order chi connectivity index (χ1) is 12.3. The quantitative estimate of drug-likeness (QED) is 0.930. The summed E-state index contributed by atoms with van der Waals surface area (Å²) in [4.78, 5) is 11.2. The van der Waals surface area contributed by atoms with Crippen LogP contribution in [0.3, 0.4) is 0 Å². The molecule has 4 rings (SSSR count). The monoisotopic (exact) mass is 336 g/mol. The van der Waals surface area contributed by atoms with Crippen LogP contribution in [-0.4, -0.2) is 41.2 Å². The van der Waals surface area contributed by atoms with Gasteiger partial charge in [0.15, 0.2) is 0 Å². The highest BCUT2D eigenvalue weighted by atomic mass is 16.5. The van der Waals surface area contributed by atoms with Crippen molar-refractivity contribution in [3.8, 4) is 0 Å². The summed E-state index contributed by atoms with van der Waals surface area (Å²) >= 11 is 0. The zero-order valence-corrected chi connectivity index (χ0v) is 14.6. The number of fused-ring (bicyclic) bond motifs is 1. The molecule has 5 nitrogen and oxygen atoms in total. The van der Waals surface area contributed by atoms with E-state index >= 15 is 0 Å². The first-order valence-corrected chi connectivity index (χ1v) is 8.98. The van der Waals surface area contributed by atoms with E-state index in [1.165, 1.54) is 17.0 Å². The van der Waals surface area contributed by atoms with E-state index in [1.807, 2.05) is 6.07 Å². The van der Waals surface area contributed by atoms with E-state index in [-0.39, 0.29) is 0 Å². The first kappa shape index (κ1) is 16.1. The maximum Gasteiger partial charge on any atom is 0.0890 e. The van der Waals surface area contributed by atoms with Crippen molar-refractivity contribution in [1.29, 1.82) is 0 Å². The largest absolute Gasteiger partial charge is 0.380 e. The van der Waals surface area contributed by atoms with Crippen LogP contribution in [0.1, 0.15) is 18.9 Å². The van der Waals surface area contributed by atoms with Crippen LogP contribution >= 0.6 is 0 Å². The molecular formula is C20H24N4O.